The van der Waals surface area contributed by atoms with E-state index in [1.54, 1.807) is 20.8 Å². The third kappa shape index (κ3) is 4.93. The number of amidine groups is 1. The summed E-state index contributed by atoms with van der Waals surface area (Å²) in [6.07, 6.45) is 0.0987. The summed E-state index contributed by atoms with van der Waals surface area (Å²) in [7, 11) is 0. The van der Waals surface area contributed by atoms with Gasteiger partial charge in [0.25, 0.3) is 0 Å². The molecule has 0 aliphatic carbocycles. The molecule has 0 fully saturated rings. The largest absolute Gasteiger partial charge is 0.444 e. The molecular formula is C11H23N3O3. The Balaban J connectivity index is 4.87. The third-order valence-electron chi connectivity index (χ3n) is 2.19. The molecular weight excluding hydrogens is 222 g/mol. The standard InChI is InChI=1S/C11H23N3O3/c1-6-8(9(12)13-16)14(7-2)10(15)17-11(3,4)5/h8,16H,6-7H2,1-5H3,(H2,12,13). The van der Waals surface area contributed by atoms with Crippen LogP contribution in [0.25, 0.3) is 0 Å². The molecule has 0 rings (SSSR count). The highest BCUT2D eigenvalue weighted by Gasteiger charge is 2.28. The minimum atomic E-state index is -0.562. The van der Waals surface area contributed by atoms with Crippen LogP contribution in [-0.2, 0) is 4.74 Å². The van der Waals surface area contributed by atoms with Crippen LogP contribution in [0.2, 0.25) is 0 Å². The number of carbonyl (C=O) groups excluding carboxylic acids is 1. The lowest BCUT2D eigenvalue weighted by atomic mass is 10.1. The van der Waals surface area contributed by atoms with Gasteiger partial charge >= 0.3 is 6.09 Å². The number of amides is 1. The van der Waals surface area contributed by atoms with Gasteiger partial charge in [0.2, 0.25) is 0 Å². The van der Waals surface area contributed by atoms with Gasteiger partial charge in [0.05, 0.1) is 6.04 Å². The number of hydrogen-bond donors (Lipinski definition) is 2. The summed E-state index contributed by atoms with van der Waals surface area (Å²) in [4.78, 5) is 13.4. The van der Waals surface area contributed by atoms with Crippen LogP contribution in [-0.4, -0.2) is 40.2 Å². The van der Waals surface area contributed by atoms with Gasteiger partial charge in [-0.1, -0.05) is 12.1 Å². The number of rotatable bonds is 4. The average molecular weight is 245 g/mol. The topological polar surface area (TPSA) is 88.2 Å². The molecule has 100 valence electrons. The van der Waals surface area contributed by atoms with Crippen molar-refractivity contribution in [2.45, 2.75) is 52.7 Å². The van der Waals surface area contributed by atoms with Crippen LogP contribution in [0.15, 0.2) is 5.16 Å². The highest BCUT2D eigenvalue weighted by atomic mass is 16.6. The zero-order valence-electron chi connectivity index (χ0n) is 11.2. The molecule has 0 aliphatic heterocycles. The lowest BCUT2D eigenvalue weighted by molar-refractivity contribution is 0.0219. The van der Waals surface area contributed by atoms with Gasteiger partial charge in [0, 0.05) is 6.54 Å². The highest BCUT2D eigenvalue weighted by molar-refractivity contribution is 5.88. The van der Waals surface area contributed by atoms with Crippen molar-refractivity contribution in [2.75, 3.05) is 6.54 Å². The van der Waals surface area contributed by atoms with Crippen LogP contribution >= 0.6 is 0 Å². The fourth-order valence-corrected chi connectivity index (χ4v) is 1.45. The molecule has 0 saturated carbocycles. The quantitative estimate of drug-likeness (QED) is 0.342. The fourth-order valence-electron chi connectivity index (χ4n) is 1.45. The minimum absolute atomic E-state index is 0.0141. The normalized spacial score (nSPS) is 14.3. The van der Waals surface area contributed by atoms with E-state index < -0.39 is 17.7 Å². The molecule has 0 aromatic carbocycles. The van der Waals surface area contributed by atoms with Crippen LogP contribution in [0.3, 0.4) is 0 Å². The Morgan fingerprint density at radius 1 is 1.47 bits per heavy atom. The number of ether oxygens (including phenoxy) is 1. The summed E-state index contributed by atoms with van der Waals surface area (Å²) < 4.78 is 5.26. The molecule has 0 bridgehead atoms. The van der Waals surface area contributed by atoms with Gasteiger partial charge in [-0.05, 0) is 34.1 Å². The second kappa shape index (κ2) is 6.32. The lowest BCUT2D eigenvalue weighted by Gasteiger charge is -2.31. The Morgan fingerprint density at radius 3 is 2.29 bits per heavy atom. The molecule has 0 aliphatic rings. The first-order valence-electron chi connectivity index (χ1n) is 5.73. The van der Waals surface area contributed by atoms with Crippen molar-refractivity contribution < 1.29 is 14.7 Å². The Kier molecular flexibility index (Phi) is 5.78. The van der Waals surface area contributed by atoms with Crippen LogP contribution in [0.1, 0.15) is 41.0 Å². The van der Waals surface area contributed by atoms with E-state index in [1.807, 2.05) is 13.8 Å². The van der Waals surface area contributed by atoms with Gasteiger partial charge in [0.15, 0.2) is 5.84 Å². The molecule has 6 heteroatoms. The molecule has 3 N–H and O–H groups in total. The van der Waals surface area contributed by atoms with Crippen molar-refractivity contribution >= 4 is 11.9 Å². The van der Waals surface area contributed by atoms with Gasteiger partial charge in [-0.3, -0.25) is 4.90 Å². The van der Waals surface area contributed by atoms with Crippen molar-refractivity contribution in [1.82, 2.24) is 4.90 Å². The lowest BCUT2D eigenvalue weighted by Crippen LogP contribution is -2.49. The van der Waals surface area contributed by atoms with E-state index in [0.29, 0.717) is 13.0 Å². The van der Waals surface area contributed by atoms with Gasteiger partial charge in [-0.2, -0.15) is 0 Å². The summed E-state index contributed by atoms with van der Waals surface area (Å²) >= 11 is 0. The van der Waals surface area contributed by atoms with E-state index in [-0.39, 0.29) is 5.84 Å². The summed E-state index contributed by atoms with van der Waals surface area (Å²) in [6.45, 7) is 9.49. The first-order chi connectivity index (χ1) is 7.76. The van der Waals surface area contributed by atoms with Gasteiger partial charge in [-0.25, -0.2) is 4.79 Å². The van der Waals surface area contributed by atoms with Gasteiger partial charge in [-0.15, -0.1) is 0 Å². The predicted molar refractivity (Wildman–Crippen MR) is 66.1 cm³/mol. The van der Waals surface area contributed by atoms with Crippen LogP contribution in [0, 0.1) is 0 Å². The van der Waals surface area contributed by atoms with Crippen molar-refractivity contribution in [3.05, 3.63) is 0 Å². The molecule has 0 aromatic rings. The number of carbonyl (C=O) groups is 1. The molecule has 1 atom stereocenters. The van der Waals surface area contributed by atoms with Crippen molar-refractivity contribution in [3.8, 4) is 0 Å². The Labute approximate surface area is 102 Å². The summed E-state index contributed by atoms with van der Waals surface area (Å²) in [5.74, 6) is 0.0141. The number of oxime groups is 1. The Hall–Kier alpha value is -1.46. The minimum Gasteiger partial charge on any atom is -0.444 e. The van der Waals surface area contributed by atoms with E-state index in [9.17, 15) is 4.79 Å². The molecule has 0 saturated heterocycles. The van der Waals surface area contributed by atoms with Gasteiger partial charge < -0.3 is 15.7 Å². The van der Waals surface area contributed by atoms with Crippen LogP contribution < -0.4 is 5.73 Å². The van der Waals surface area contributed by atoms with E-state index >= 15 is 0 Å². The van der Waals surface area contributed by atoms with Crippen molar-refractivity contribution in [2.24, 2.45) is 10.9 Å². The molecule has 1 unspecified atom stereocenters. The summed E-state index contributed by atoms with van der Waals surface area (Å²) in [5, 5.41) is 11.6. The smallest absolute Gasteiger partial charge is 0.410 e. The summed E-state index contributed by atoms with van der Waals surface area (Å²) in [5.41, 5.74) is 4.99. The first kappa shape index (κ1) is 15.5. The maximum atomic E-state index is 11.9. The average Bonchev–Trinajstić information content (AvgIpc) is 2.21. The number of nitrogens with zero attached hydrogens (tertiary/aromatic N) is 2. The summed E-state index contributed by atoms with van der Waals surface area (Å²) in [6, 6.07) is -0.445. The second-order valence-electron chi connectivity index (χ2n) is 4.72. The monoisotopic (exact) mass is 245 g/mol. The number of nitrogens with two attached hydrogens (primary N) is 1. The molecule has 0 heterocycles. The van der Waals surface area contributed by atoms with Crippen molar-refractivity contribution in [1.29, 1.82) is 0 Å². The zero-order chi connectivity index (χ0) is 13.6. The number of likely N-dealkylation sites (N-methyl/N-ethyl adjacent to an activating group) is 1. The molecule has 0 radical (unpaired) electrons. The number of hydrogen-bond acceptors (Lipinski definition) is 4. The molecule has 17 heavy (non-hydrogen) atoms. The fraction of sp³-hybridized carbons (Fsp3) is 0.818. The van der Waals surface area contributed by atoms with Gasteiger partial charge in [0.1, 0.15) is 5.60 Å². The zero-order valence-corrected chi connectivity index (χ0v) is 11.2. The van der Waals surface area contributed by atoms with E-state index in [1.165, 1.54) is 4.90 Å². The van der Waals surface area contributed by atoms with E-state index in [2.05, 4.69) is 5.16 Å². The predicted octanol–water partition coefficient (Wildman–Crippen LogP) is 1.77. The second-order valence-corrected chi connectivity index (χ2v) is 4.72. The molecule has 1 amide bonds. The van der Waals surface area contributed by atoms with Crippen LogP contribution in [0.5, 0.6) is 0 Å². The highest BCUT2D eigenvalue weighted by Crippen LogP contribution is 2.13. The first-order valence-corrected chi connectivity index (χ1v) is 5.73. The third-order valence-corrected chi connectivity index (χ3v) is 2.19. The van der Waals surface area contributed by atoms with E-state index in [4.69, 9.17) is 15.7 Å². The Bertz CT molecular complexity index is 284. The van der Waals surface area contributed by atoms with Crippen molar-refractivity contribution in [3.63, 3.8) is 0 Å². The van der Waals surface area contributed by atoms with Crippen LogP contribution in [0.4, 0.5) is 4.79 Å². The Morgan fingerprint density at radius 2 is 2.00 bits per heavy atom. The maximum Gasteiger partial charge on any atom is 0.410 e. The van der Waals surface area contributed by atoms with E-state index in [0.717, 1.165) is 0 Å². The molecule has 6 nitrogen and oxygen atoms in total. The molecule has 0 aromatic heterocycles. The molecule has 0 spiro atoms. The maximum absolute atomic E-state index is 11.9. The SMILES string of the molecule is CCC(/C(N)=N/O)N(CC)C(=O)OC(C)(C)C.